The number of halogens is 1. The number of thiophene rings is 1. The summed E-state index contributed by atoms with van der Waals surface area (Å²) in [6.07, 6.45) is 2.33. The second-order valence-corrected chi connectivity index (χ2v) is 6.36. The van der Waals surface area contributed by atoms with Gasteiger partial charge in [0.2, 0.25) is 0 Å². The summed E-state index contributed by atoms with van der Waals surface area (Å²) in [6.45, 7) is 3.53. The molecule has 0 aliphatic rings. The second kappa shape index (κ2) is 10.2. The minimum Gasteiger partial charge on any atom is -0.356 e. The molecule has 0 unspecified atom stereocenters. The summed E-state index contributed by atoms with van der Waals surface area (Å²) < 4.78 is 5.25. The van der Waals surface area contributed by atoms with Crippen LogP contribution in [-0.4, -0.2) is 34.7 Å². The Morgan fingerprint density at radius 1 is 1.27 bits per heavy atom. The molecule has 0 radical (unpaired) electrons. The molecule has 9 heteroatoms. The molecular formula is C17H21IN6OS. The maximum atomic E-state index is 5.25. The Morgan fingerprint density at radius 2 is 2.15 bits per heavy atom. The number of rotatable bonds is 6. The lowest BCUT2D eigenvalue weighted by molar-refractivity contribution is 0.421. The van der Waals surface area contributed by atoms with Gasteiger partial charge >= 0.3 is 0 Å². The van der Waals surface area contributed by atoms with Crippen LogP contribution >= 0.6 is 35.3 Å². The number of nitrogens with zero attached hydrogens (tertiary/aromatic N) is 4. The molecule has 0 atom stereocenters. The zero-order chi connectivity index (χ0) is 17.5. The monoisotopic (exact) mass is 484 g/mol. The van der Waals surface area contributed by atoms with Gasteiger partial charge in [-0.3, -0.25) is 9.98 Å². The molecule has 0 aliphatic heterocycles. The fourth-order valence-corrected chi connectivity index (χ4v) is 3.06. The van der Waals surface area contributed by atoms with E-state index in [1.54, 1.807) is 24.6 Å². The Bertz CT molecular complexity index is 833. The summed E-state index contributed by atoms with van der Waals surface area (Å²) in [7, 11) is 1.75. The van der Waals surface area contributed by atoms with Crippen molar-refractivity contribution < 1.29 is 4.52 Å². The summed E-state index contributed by atoms with van der Waals surface area (Å²) in [4.78, 5) is 14.1. The van der Waals surface area contributed by atoms with Gasteiger partial charge in [0.1, 0.15) is 5.69 Å². The largest absolute Gasteiger partial charge is 0.356 e. The van der Waals surface area contributed by atoms with Crippen molar-refractivity contribution in [3.05, 3.63) is 52.1 Å². The maximum Gasteiger partial charge on any atom is 0.276 e. The number of aryl methyl sites for hydroxylation is 1. The molecule has 7 nitrogen and oxygen atoms in total. The Hall–Kier alpha value is -2.01. The van der Waals surface area contributed by atoms with E-state index in [2.05, 4.69) is 49.1 Å². The molecular weight excluding hydrogens is 463 g/mol. The van der Waals surface area contributed by atoms with Crippen LogP contribution in [0.1, 0.15) is 16.3 Å². The van der Waals surface area contributed by atoms with Gasteiger partial charge in [0.05, 0.1) is 6.54 Å². The summed E-state index contributed by atoms with van der Waals surface area (Å²) in [5.74, 6) is 1.82. The number of pyridine rings is 1. The van der Waals surface area contributed by atoms with Crippen molar-refractivity contribution in [1.82, 2.24) is 25.8 Å². The van der Waals surface area contributed by atoms with Gasteiger partial charge < -0.3 is 15.2 Å². The Morgan fingerprint density at radius 3 is 2.85 bits per heavy atom. The van der Waals surface area contributed by atoms with Crippen molar-refractivity contribution in [1.29, 1.82) is 0 Å². The second-order valence-electron chi connectivity index (χ2n) is 5.36. The van der Waals surface area contributed by atoms with Gasteiger partial charge in [0.25, 0.3) is 5.89 Å². The molecule has 3 aromatic rings. The number of hydrogen-bond acceptors (Lipinski definition) is 6. The molecule has 26 heavy (non-hydrogen) atoms. The molecule has 0 spiro atoms. The zero-order valence-electron chi connectivity index (χ0n) is 14.6. The van der Waals surface area contributed by atoms with Gasteiger partial charge in [-0.2, -0.15) is 4.98 Å². The number of nitrogens with one attached hydrogen (secondary N) is 2. The van der Waals surface area contributed by atoms with Crippen molar-refractivity contribution in [3.63, 3.8) is 0 Å². The predicted octanol–water partition coefficient (Wildman–Crippen LogP) is 3.03. The maximum absolute atomic E-state index is 5.25. The normalized spacial score (nSPS) is 11.1. The zero-order valence-corrected chi connectivity index (χ0v) is 17.7. The molecule has 138 valence electrons. The van der Waals surface area contributed by atoms with Crippen LogP contribution < -0.4 is 10.6 Å². The van der Waals surface area contributed by atoms with Gasteiger partial charge in [-0.05, 0) is 36.1 Å². The molecule has 0 saturated carbocycles. The Balaban J connectivity index is 0.00000243. The number of hydrogen-bond donors (Lipinski definition) is 2. The van der Waals surface area contributed by atoms with Gasteiger partial charge in [-0.15, -0.1) is 35.3 Å². The van der Waals surface area contributed by atoms with E-state index in [4.69, 9.17) is 4.52 Å². The standard InChI is InChI=1S/C17H20N6OS.HI/c1-12-7-10-25-14(12)11-21-17(18-2)20-9-6-15-22-16(24-23-15)13-5-3-4-8-19-13;/h3-5,7-8,10H,6,9,11H2,1-2H3,(H2,18,20,21);1H. The SMILES string of the molecule is CN=C(NCCc1noc(-c2ccccn2)n1)NCc1sccc1C.I. The minimum absolute atomic E-state index is 0. The highest BCUT2D eigenvalue weighted by Gasteiger charge is 2.09. The van der Waals surface area contributed by atoms with E-state index in [1.165, 1.54) is 10.4 Å². The molecule has 3 rings (SSSR count). The van der Waals surface area contributed by atoms with E-state index in [0.29, 0.717) is 30.4 Å². The number of aromatic nitrogens is 3. The van der Waals surface area contributed by atoms with Crippen molar-refractivity contribution in [2.75, 3.05) is 13.6 Å². The first-order valence-corrected chi connectivity index (χ1v) is 8.85. The minimum atomic E-state index is 0. The predicted molar refractivity (Wildman–Crippen MR) is 114 cm³/mol. The molecule has 2 N–H and O–H groups in total. The van der Waals surface area contributed by atoms with Gasteiger partial charge in [-0.1, -0.05) is 11.2 Å². The van der Waals surface area contributed by atoms with Crippen LogP contribution in [0.25, 0.3) is 11.6 Å². The molecule has 0 fully saturated rings. The van der Waals surface area contributed by atoms with Gasteiger partial charge in [-0.25, -0.2) is 0 Å². The van der Waals surface area contributed by atoms with E-state index in [-0.39, 0.29) is 24.0 Å². The van der Waals surface area contributed by atoms with E-state index >= 15 is 0 Å². The highest BCUT2D eigenvalue weighted by atomic mass is 127. The lowest BCUT2D eigenvalue weighted by Gasteiger charge is -2.10. The highest BCUT2D eigenvalue weighted by molar-refractivity contribution is 14.0. The number of guanidine groups is 1. The van der Waals surface area contributed by atoms with Crippen LogP contribution in [0.2, 0.25) is 0 Å². The fourth-order valence-electron chi connectivity index (χ4n) is 2.21. The smallest absolute Gasteiger partial charge is 0.276 e. The lowest BCUT2D eigenvalue weighted by atomic mass is 10.3. The van der Waals surface area contributed by atoms with E-state index < -0.39 is 0 Å². The topological polar surface area (TPSA) is 88.2 Å². The van der Waals surface area contributed by atoms with Crippen LogP contribution in [0.3, 0.4) is 0 Å². The van der Waals surface area contributed by atoms with Crippen LogP contribution in [0.15, 0.2) is 45.4 Å². The van der Waals surface area contributed by atoms with Crippen molar-refractivity contribution >= 4 is 41.3 Å². The van der Waals surface area contributed by atoms with E-state index in [9.17, 15) is 0 Å². The summed E-state index contributed by atoms with van der Waals surface area (Å²) in [5, 5.41) is 12.6. The molecule has 0 saturated heterocycles. The summed E-state index contributed by atoms with van der Waals surface area (Å²) in [5.41, 5.74) is 1.97. The van der Waals surface area contributed by atoms with Gasteiger partial charge in [0, 0.05) is 31.1 Å². The first kappa shape index (κ1) is 20.3. The van der Waals surface area contributed by atoms with E-state index in [0.717, 1.165) is 12.5 Å². The Labute approximate surface area is 173 Å². The van der Waals surface area contributed by atoms with Crippen molar-refractivity contribution in [3.8, 4) is 11.6 Å². The average molecular weight is 484 g/mol. The highest BCUT2D eigenvalue weighted by Crippen LogP contribution is 2.15. The van der Waals surface area contributed by atoms with E-state index in [1.807, 2.05) is 18.2 Å². The summed E-state index contributed by atoms with van der Waals surface area (Å²) >= 11 is 1.74. The molecule has 3 heterocycles. The third kappa shape index (κ3) is 5.49. The van der Waals surface area contributed by atoms with Gasteiger partial charge in [0.15, 0.2) is 11.8 Å². The first-order valence-electron chi connectivity index (χ1n) is 7.97. The Kier molecular flexibility index (Phi) is 7.98. The third-order valence-electron chi connectivity index (χ3n) is 3.60. The quantitative estimate of drug-likeness (QED) is 0.318. The summed E-state index contributed by atoms with van der Waals surface area (Å²) in [6, 6.07) is 7.70. The fraction of sp³-hybridized carbons (Fsp3) is 0.294. The van der Waals surface area contributed by atoms with Crippen LogP contribution in [-0.2, 0) is 13.0 Å². The average Bonchev–Trinajstić information content (AvgIpc) is 3.28. The first-order chi connectivity index (χ1) is 12.3. The number of aliphatic imine (C=N–C) groups is 1. The van der Waals surface area contributed by atoms with Crippen molar-refractivity contribution in [2.45, 2.75) is 19.9 Å². The molecule has 0 aliphatic carbocycles. The third-order valence-corrected chi connectivity index (χ3v) is 4.62. The van der Waals surface area contributed by atoms with Crippen LogP contribution in [0.5, 0.6) is 0 Å². The molecule has 0 bridgehead atoms. The molecule has 0 aromatic carbocycles. The molecule has 0 amide bonds. The van der Waals surface area contributed by atoms with Crippen LogP contribution in [0.4, 0.5) is 0 Å². The van der Waals surface area contributed by atoms with Crippen LogP contribution in [0, 0.1) is 6.92 Å². The lowest BCUT2D eigenvalue weighted by Crippen LogP contribution is -2.37. The molecule has 3 aromatic heterocycles. The van der Waals surface area contributed by atoms with Crippen molar-refractivity contribution in [2.24, 2.45) is 4.99 Å².